The molecule has 0 atom stereocenters. The monoisotopic (exact) mass is 302 g/mol. The summed E-state index contributed by atoms with van der Waals surface area (Å²) in [5.41, 5.74) is 0.169. The molecule has 1 fully saturated rings. The molecule has 86 valence electrons. The predicted octanol–water partition coefficient (Wildman–Crippen LogP) is 2.34. The molecule has 6 heteroatoms. The van der Waals surface area contributed by atoms with E-state index < -0.39 is 5.54 Å². The maximum atomic E-state index is 11.9. The topological polar surface area (TPSA) is 49.4 Å². The summed E-state index contributed by atoms with van der Waals surface area (Å²) in [7, 11) is 0. The Morgan fingerprint density at radius 2 is 2.19 bits per heavy atom. The van der Waals surface area contributed by atoms with Crippen molar-refractivity contribution >= 4 is 39.2 Å². The first-order valence-corrected chi connectivity index (χ1v) is 6.44. The van der Waals surface area contributed by atoms with Gasteiger partial charge in [0.05, 0.1) is 10.3 Å². The average molecular weight is 303 g/mol. The maximum absolute atomic E-state index is 11.9. The van der Waals surface area contributed by atoms with Crippen LogP contribution in [0.2, 0.25) is 0 Å². The van der Waals surface area contributed by atoms with E-state index in [-0.39, 0.29) is 11.9 Å². The number of thiophene rings is 1. The smallest absolute Gasteiger partial charge is 0.324 e. The third-order valence-corrected chi connectivity index (χ3v) is 3.96. The SMILES string of the molecule is CC1(C)NC(=O)N(Cc2csc(Br)c2)C1=O. The van der Waals surface area contributed by atoms with Gasteiger partial charge in [0, 0.05) is 0 Å². The molecule has 0 spiro atoms. The fourth-order valence-corrected chi connectivity index (χ4v) is 2.77. The highest BCUT2D eigenvalue weighted by Gasteiger charge is 2.44. The van der Waals surface area contributed by atoms with Gasteiger partial charge in [-0.2, -0.15) is 0 Å². The zero-order valence-electron chi connectivity index (χ0n) is 8.91. The quantitative estimate of drug-likeness (QED) is 0.853. The van der Waals surface area contributed by atoms with Gasteiger partial charge in [-0.25, -0.2) is 4.79 Å². The molecule has 0 radical (unpaired) electrons. The molecule has 1 aliphatic heterocycles. The van der Waals surface area contributed by atoms with Crippen LogP contribution in [-0.4, -0.2) is 22.4 Å². The molecule has 0 bridgehead atoms. The Bertz CT molecular complexity index is 455. The van der Waals surface area contributed by atoms with E-state index in [0.29, 0.717) is 6.54 Å². The van der Waals surface area contributed by atoms with Crippen molar-refractivity contribution in [1.82, 2.24) is 10.2 Å². The number of rotatable bonds is 2. The van der Waals surface area contributed by atoms with E-state index in [2.05, 4.69) is 21.2 Å². The number of nitrogens with zero attached hydrogens (tertiary/aromatic N) is 1. The van der Waals surface area contributed by atoms with Crippen LogP contribution >= 0.6 is 27.3 Å². The van der Waals surface area contributed by atoms with Gasteiger partial charge in [0.1, 0.15) is 5.54 Å². The van der Waals surface area contributed by atoms with Crippen molar-refractivity contribution in [3.63, 3.8) is 0 Å². The largest absolute Gasteiger partial charge is 0.325 e. The maximum Gasteiger partial charge on any atom is 0.325 e. The second kappa shape index (κ2) is 3.85. The Morgan fingerprint density at radius 3 is 2.62 bits per heavy atom. The number of nitrogens with one attached hydrogen (secondary N) is 1. The van der Waals surface area contributed by atoms with Gasteiger partial charge in [-0.1, -0.05) is 0 Å². The molecule has 1 aliphatic rings. The lowest BCUT2D eigenvalue weighted by molar-refractivity contribution is -0.130. The van der Waals surface area contributed by atoms with E-state index in [1.165, 1.54) is 16.2 Å². The third kappa shape index (κ3) is 1.99. The van der Waals surface area contributed by atoms with Gasteiger partial charge in [-0.15, -0.1) is 11.3 Å². The van der Waals surface area contributed by atoms with Gasteiger partial charge >= 0.3 is 6.03 Å². The summed E-state index contributed by atoms with van der Waals surface area (Å²) in [6, 6.07) is 1.59. The minimum atomic E-state index is -0.787. The number of hydrogen-bond acceptors (Lipinski definition) is 3. The fraction of sp³-hybridized carbons (Fsp3) is 0.400. The number of carbonyl (C=O) groups excluding carboxylic acids is 2. The Labute approximate surface area is 106 Å². The minimum absolute atomic E-state index is 0.181. The van der Waals surface area contributed by atoms with E-state index in [1.54, 1.807) is 13.8 Å². The first-order chi connectivity index (χ1) is 7.40. The summed E-state index contributed by atoms with van der Waals surface area (Å²) in [5, 5.41) is 4.58. The van der Waals surface area contributed by atoms with E-state index in [0.717, 1.165) is 9.35 Å². The molecular formula is C10H11BrN2O2S. The first kappa shape index (κ1) is 11.6. The summed E-state index contributed by atoms with van der Waals surface area (Å²) in [5.74, 6) is -0.181. The zero-order valence-corrected chi connectivity index (χ0v) is 11.3. The van der Waals surface area contributed by atoms with Crippen LogP contribution in [0.25, 0.3) is 0 Å². The van der Waals surface area contributed by atoms with Crippen LogP contribution in [0.5, 0.6) is 0 Å². The molecule has 3 amide bonds. The second-order valence-electron chi connectivity index (χ2n) is 4.21. The number of halogens is 1. The number of imide groups is 1. The molecule has 0 unspecified atom stereocenters. The molecule has 0 aliphatic carbocycles. The molecule has 4 nitrogen and oxygen atoms in total. The van der Waals surface area contributed by atoms with Crippen molar-refractivity contribution in [3.05, 3.63) is 20.8 Å². The molecule has 0 saturated carbocycles. The van der Waals surface area contributed by atoms with Gasteiger partial charge in [0.2, 0.25) is 0 Å². The van der Waals surface area contributed by atoms with Crippen molar-refractivity contribution in [1.29, 1.82) is 0 Å². The summed E-state index contributed by atoms with van der Waals surface area (Å²) in [6.45, 7) is 3.74. The van der Waals surface area contributed by atoms with Crippen LogP contribution in [0, 0.1) is 0 Å². The van der Waals surface area contributed by atoms with Gasteiger partial charge in [0.15, 0.2) is 0 Å². The van der Waals surface area contributed by atoms with E-state index in [9.17, 15) is 9.59 Å². The van der Waals surface area contributed by atoms with Crippen molar-refractivity contribution in [2.75, 3.05) is 0 Å². The molecule has 1 aromatic rings. The van der Waals surface area contributed by atoms with Gasteiger partial charge < -0.3 is 5.32 Å². The lowest BCUT2D eigenvalue weighted by atomic mass is 10.1. The van der Waals surface area contributed by atoms with Gasteiger partial charge in [0.25, 0.3) is 5.91 Å². The summed E-state index contributed by atoms with van der Waals surface area (Å²) in [4.78, 5) is 24.7. The number of amides is 3. The standard InChI is InChI=1S/C10H11BrN2O2S/c1-10(2)8(14)13(9(15)12-10)4-6-3-7(11)16-5-6/h3,5H,4H2,1-2H3,(H,12,15). The zero-order chi connectivity index (χ0) is 11.9. The van der Waals surface area contributed by atoms with Crippen LogP contribution in [-0.2, 0) is 11.3 Å². The van der Waals surface area contributed by atoms with Crippen LogP contribution in [0.4, 0.5) is 4.79 Å². The van der Waals surface area contributed by atoms with Crippen molar-refractivity contribution < 1.29 is 9.59 Å². The predicted molar refractivity (Wildman–Crippen MR) is 65.2 cm³/mol. The molecule has 1 saturated heterocycles. The van der Waals surface area contributed by atoms with Crippen molar-refractivity contribution in [2.45, 2.75) is 25.9 Å². The van der Waals surface area contributed by atoms with Gasteiger partial charge in [-0.05, 0) is 46.8 Å². The summed E-state index contributed by atoms with van der Waals surface area (Å²) >= 11 is 4.89. The molecule has 1 aromatic heterocycles. The molecule has 2 rings (SSSR count). The Morgan fingerprint density at radius 1 is 1.50 bits per heavy atom. The lowest BCUT2D eigenvalue weighted by Crippen LogP contribution is -2.40. The minimum Gasteiger partial charge on any atom is -0.324 e. The highest BCUT2D eigenvalue weighted by molar-refractivity contribution is 9.11. The number of hydrogen-bond donors (Lipinski definition) is 1. The highest BCUT2D eigenvalue weighted by Crippen LogP contribution is 2.24. The number of carbonyl (C=O) groups is 2. The molecular weight excluding hydrogens is 292 g/mol. The molecule has 1 N–H and O–H groups in total. The summed E-state index contributed by atoms with van der Waals surface area (Å²) < 4.78 is 0.994. The fourth-order valence-electron chi connectivity index (χ4n) is 1.57. The average Bonchev–Trinajstić information content (AvgIpc) is 2.65. The molecule has 0 aromatic carbocycles. The highest BCUT2D eigenvalue weighted by atomic mass is 79.9. The Balaban J connectivity index is 2.17. The first-order valence-electron chi connectivity index (χ1n) is 4.77. The Hall–Kier alpha value is -0.880. The van der Waals surface area contributed by atoms with E-state index in [1.807, 2.05) is 11.4 Å². The van der Waals surface area contributed by atoms with Crippen molar-refractivity contribution in [2.24, 2.45) is 0 Å². The normalized spacial score (nSPS) is 19.1. The molecule has 2 heterocycles. The van der Waals surface area contributed by atoms with Crippen LogP contribution in [0.3, 0.4) is 0 Å². The van der Waals surface area contributed by atoms with Crippen LogP contribution in [0.15, 0.2) is 15.2 Å². The molecule has 16 heavy (non-hydrogen) atoms. The van der Waals surface area contributed by atoms with Gasteiger partial charge in [-0.3, -0.25) is 9.69 Å². The lowest BCUT2D eigenvalue weighted by Gasteiger charge is -2.15. The van der Waals surface area contributed by atoms with Crippen LogP contribution < -0.4 is 5.32 Å². The number of urea groups is 1. The third-order valence-electron chi connectivity index (χ3n) is 2.41. The van der Waals surface area contributed by atoms with Crippen LogP contribution in [0.1, 0.15) is 19.4 Å². The Kier molecular flexibility index (Phi) is 2.79. The van der Waals surface area contributed by atoms with Crippen molar-refractivity contribution in [3.8, 4) is 0 Å². The van der Waals surface area contributed by atoms with E-state index >= 15 is 0 Å². The summed E-state index contributed by atoms with van der Waals surface area (Å²) in [6.07, 6.45) is 0. The van der Waals surface area contributed by atoms with E-state index in [4.69, 9.17) is 0 Å². The second-order valence-corrected chi connectivity index (χ2v) is 6.50.